The van der Waals surface area contributed by atoms with Gasteiger partial charge in [0.25, 0.3) is 0 Å². The number of fused-ring (bicyclic) bond motifs is 1. The summed E-state index contributed by atoms with van der Waals surface area (Å²) in [6.45, 7) is 0. The van der Waals surface area contributed by atoms with Gasteiger partial charge in [-0.1, -0.05) is 11.6 Å². The highest BCUT2D eigenvalue weighted by atomic mass is 35.5. The zero-order valence-corrected chi connectivity index (χ0v) is 13.6. The number of anilines is 2. The molecule has 1 heterocycles. The van der Waals surface area contributed by atoms with E-state index in [1.54, 1.807) is 11.3 Å². The van der Waals surface area contributed by atoms with Crippen molar-refractivity contribution in [2.75, 3.05) is 11.1 Å². The average molecular weight is 339 g/mol. The summed E-state index contributed by atoms with van der Waals surface area (Å²) >= 11 is 12.8. The number of aryl methyl sites for hydroxylation is 1. The van der Waals surface area contributed by atoms with Gasteiger partial charge in [-0.2, -0.15) is 0 Å². The topological polar surface area (TPSA) is 63.0 Å². The first-order valence-electron chi connectivity index (χ1n) is 6.67. The van der Waals surface area contributed by atoms with Crippen molar-refractivity contribution >= 4 is 51.1 Å². The fraction of sp³-hybridized carbons (Fsp3) is 0.286. The van der Waals surface area contributed by atoms with Gasteiger partial charge < -0.3 is 16.4 Å². The molecule has 0 spiro atoms. The van der Waals surface area contributed by atoms with Crippen LogP contribution in [0.4, 0.5) is 10.8 Å². The molecule has 3 rings (SSSR count). The zero-order valence-electron chi connectivity index (χ0n) is 11.2. The fourth-order valence-corrected chi connectivity index (χ4v) is 3.77. The predicted octanol–water partition coefficient (Wildman–Crippen LogP) is 3.22. The smallest absolute Gasteiger partial charge is 0.180 e. The lowest BCUT2D eigenvalue weighted by molar-refractivity contribution is 0.531. The van der Waals surface area contributed by atoms with Crippen LogP contribution in [0.3, 0.4) is 0 Å². The van der Waals surface area contributed by atoms with Gasteiger partial charge in [0.05, 0.1) is 5.69 Å². The van der Waals surface area contributed by atoms with E-state index >= 15 is 0 Å². The van der Waals surface area contributed by atoms with Crippen molar-refractivity contribution in [3.8, 4) is 0 Å². The number of hydrogen-bond donors (Lipinski definition) is 3. The molecule has 1 aliphatic carbocycles. The van der Waals surface area contributed by atoms with Crippen LogP contribution in [-0.2, 0) is 12.8 Å². The Morgan fingerprint density at radius 3 is 2.90 bits per heavy atom. The molecule has 0 fully saturated rings. The molecule has 0 radical (unpaired) electrons. The van der Waals surface area contributed by atoms with Gasteiger partial charge in [-0.15, -0.1) is 11.3 Å². The van der Waals surface area contributed by atoms with Crippen molar-refractivity contribution in [3.05, 3.63) is 39.9 Å². The molecule has 1 aromatic carbocycles. The molecular weight excluding hydrogens is 324 g/mol. The van der Waals surface area contributed by atoms with E-state index in [0.717, 1.165) is 30.6 Å². The van der Waals surface area contributed by atoms with Gasteiger partial charge in [-0.25, -0.2) is 4.98 Å². The van der Waals surface area contributed by atoms with E-state index < -0.39 is 0 Å². The van der Waals surface area contributed by atoms with Gasteiger partial charge in [-0.05, 0) is 49.3 Å². The highest BCUT2D eigenvalue weighted by molar-refractivity contribution is 7.80. The Labute approximate surface area is 137 Å². The highest BCUT2D eigenvalue weighted by Crippen LogP contribution is 2.28. The standard InChI is InChI=1S/C14H15ClN4S2/c15-8-1-3-9(4-2-8)17-14(20)18-10-5-6-11-12(7-10)21-13(16)19-11/h1-4,10H,5-7H2,(H2,16,19)(H2,17,18,20). The summed E-state index contributed by atoms with van der Waals surface area (Å²) in [5.74, 6) is 0. The molecule has 0 amide bonds. The van der Waals surface area contributed by atoms with Gasteiger partial charge in [0, 0.05) is 28.0 Å². The van der Waals surface area contributed by atoms with Crippen LogP contribution in [0.5, 0.6) is 0 Å². The van der Waals surface area contributed by atoms with Crippen molar-refractivity contribution in [1.29, 1.82) is 0 Å². The molecule has 4 nitrogen and oxygen atoms in total. The molecule has 7 heteroatoms. The number of hydrogen-bond acceptors (Lipinski definition) is 4. The molecule has 1 unspecified atom stereocenters. The van der Waals surface area contributed by atoms with Crippen LogP contribution in [0, 0.1) is 0 Å². The lowest BCUT2D eigenvalue weighted by atomic mass is 9.98. The number of halogens is 1. The normalized spacial score (nSPS) is 17.1. The van der Waals surface area contributed by atoms with Crippen molar-refractivity contribution in [1.82, 2.24) is 10.3 Å². The first-order chi connectivity index (χ1) is 10.1. The Kier molecular flexibility index (Phi) is 4.28. The maximum atomic E-state index is 5.86. The van der Waals surface area contributed by atoms with E-state index in [9.17, 15) is 0 Å². The summed E-state index contributed by atoms with van der Waals surface area (Å²) in [6.07, 6.45) is 2.88. The number of nitrogens with two attached hydrogens (primary N) is 1. The molecular formula is C14H15ClN4S2. The lowest BCUT2D eigenvalue weighted by Crippen LogP contribution is -2.40. The molecule has 0 saturated heterocycles. The largest absolute Gasteiger partial charge is 0.375 e. The quantitative estimate of drug-likeness (QED) is 0.734. The summed E-state index contributed by atoms with van der Waals surface area (Å²) in [5.41, 5.74) is 7.83. The van der Waals surface area contributed by atoms with Crippen molar-refractivity contribution < 1.29 is 0 Å². The number of aromatic nitrogens is 1. The first-order valence-corrected chi connectivity index (χ1v) is 8.27. The average Bonchev–Trinajstić information content (AvgIpc) is 2.80. The SMILES string of the molecule is Nc1nc2c(s1)CC(NC(=S)Nc1ccc(Cl)cc1)CC2. The van der Waals surface area contributed by atoms with Crippen LogP contribution in [-0.4, -0.2) is 16.1 Å². The number of nitrogen functional groups attached to an aromatic ring is 1. The molecule has 2 aromatic rings. The van der Waals surface area contributed by atoms with E-state index in [-0.39, 0.29) is 0 Å². The Hall–Kier alpha value is -1.37. The predicted molar refractivity (Wildman–Crippen MR) is 93.1 cm³/mol. The van der Waals surface area contributed by atoms with Crippen molar-refractivity contribution in [2.45, 2.75) is 25.3 Å². The summed E-state index contributed by atoms with van der Waals surface area (Å²) in [7, 11) is 0. The highest BCUT2D eigenvalue weighted by Gasteiger charge is 2.22. The maximum absolute atomic E-state index is 5.86. The summed E-state index contributed by atoms with van der Waals surface area (Å²) < 4.78 is 0. The minimum Gasteiger partial charge on any atom is -0.375 e. The van der Waals surface area contributed by atoms with Crippen LogP contribution in [0.25, 0.3) is 0 Å². The van der Waals surface area contributed by atoms with Crippen LogP contribution in [0.1, 0.15) is 17.0 Å². The Morgan fingerprint density at radius 1 is 1.38 bits per heavy atom. The van der Waals surface area contributed by atoms with Crippen LogP contribution in [0.15, 0.2) is 24.3 Å². The zero-order chi connectivity index (χ0) is 14.8. The minimum absolute atomic E-state index is 0.324. The van der Waals surface area contributed by atoms with E-state index in [4.69, 9.17) is 29.6 Å². The van der Waals surface area contributed by atoms with Gasteiger partial charge in [0.2, 0.25) is 0 Å². The molecule has 4 N–H and O–H groups in total. The lowest BCUT2D eigenvalue weighted by Gasteiger charge is -2.24. The molecule has 1 aliphatic rings. The third kappa shape index (κ3) is 3.64. The van der Waals surface area contributed by atoms with Gasteiger partial charge in [0.1, 0.15) is 0 Å². The van der Waals surface area contributed by atoms with Gasteiger partial charge in [-0.3, -0.25) is 0 Å². The second-order valence-electron chi connectivity index (χ2n) is 4.97. The van der Waals surface area contributed by atoms with Gasteiger partial charge >= 0.3 is 0 Å². The molecule has 0 aliphatic heterocycles. The summed E-state index contributed by atoms with van der Waals surface area (Å²) in [5, 5.41) is 8.52. The number of nitrogens with one attached hydrogen (secondary N) is 2. The molecule has 110 valence electrons. The second-order valence-corrected chi connectivity index (χ2v) is 6.93. The summed E-state index contributed by atoms with van der Waals surface area (Å²) in [4.78, 5) is 5.62. The molecule has 0 saturated carbocycles. The third-order valence-electron chi connectivity index (χ3n) is 3.39. The molecule has 1 aromatic heterocycles. The van der Waals surface area contributed by atoms with E-state index in [1.807, 2.05) is 24.3 Å². The van der Waals surface area contributed by atoms with Crippen LogP contribution < -0.4 is 16.4 Å². The van der Waals surface area contributed by atoms with E-state index in [0.29, 0.717) is 21.3 Å². The number of nitrogens with zero attached hydrogens (tertiary/aromatic N) is 1. The first kappa shape index (κ1) is 14.6. The third-order valence-corrected chi connectivity index (χ3v) is 4.81. The van der Waals surface area contributed by atoms with Crippen molar-refractivity contribution in [3.63, 3.8) is 0 Å². The summed E-state index contributed by atoms with van der Waals surface area (Å²) in [6, 6.07) is 7.79. The number of thiocarbonyl (C=S) groups is 1. The van der Waals surface area contributed by atoms with E-state index in [2.05, 4.69) is 15.6 Å². The van der Waals surface area contributed by atoms with Crippen LogP contribution in [0.2, 0.25) is 5.02 Å². The van der Waals surface area contributed by atoms with Gasteiger partial charge in [0.15, 0.2) is 10.2 Å². The van der Waals surface area contributed by atoms with Crippen molar-refractivity contribution in [2.24, 2.45) is 0 Å². The molecule has 0 bridgehead atoms. The number of thiazole rings is 1. The fourth-order valence-electron chi connectivity index (χ4n) is 2.40. The minimum atomic E-state index is 0.324. The Morgan fingerprint density at radius 2 is 2.14 bits per heavy atom. The molecule has 1 atom stereocenters. The molecule has 21 heavy (non-hydrogen) atoms. The van der Waals surface area contributed by atoms with E-state index in [1.165, 1.54) is 4.88 Å². The maximum Gasteiger partial charge on any atom is 0.180 e. The Bertz CT molecular complexity index is 653. The number of benzene rings is 1. The number of rotatable bonds is 2. The van der Waals surface area contributed by atoms with Crippen LogP contribution >= 0.6 is 35.2 Å². The second kappa shape index (κ2) is 6.17. The monoisotopic (exact) mass is 338 g/mol. The Balaban J connectivity index is 1.57.